The molecule has 1 N–H and O–H groups in total. The van der Waals surface area contributed by atoms with Crippen LogP contribution in [-0.4, -0.2) is 16.4 Å². The minimum Gasteiger partial charge on any atom is -0.441 e. The van der Waals surface area contributed by atoms with Crippen LogP contribution in [0.2, 0.25) is 0 Å². The van der Waals surface area contributed by atoms with Crippen LogP contribution in [-0.2, 0) is 0 Å². The molecule has 0 saturated carbocycles. The summed E-state index contributed by atoms with van der Waals surface area (Å²) < 4.78 is 5.67. The van der Waals surface area contributed by atoms with E-state index in [0.29, 0.717) is 17.3 Å². The van der Waals surface area contributed by atoms with Gasteiger partial charge in [-0.3, -0.25) is 4.79 Å². The highest BCUT2D eigenvalue weighted by molar-refractivity contribution is 5.94. The Labute approximate surface area is 138 Å². The quantitative estimate of drug-likeness (QED) is 0.897. The van der Waals surface area contributed by atoms with Gasteiger partial charge in [0.1, 0.15) is 5.76 Å². The normalized spacial score (nSPS) is 12.3. The Balaban J connectivity index is 2.19. The molecule has 2 rings (SSSR count). The second-order valence-electron chi connectivity index (χ2n) is 7.87. The maximum absolute atomic E-state index is 12.6. The number of aryl methyl sites for hydroxylation is 1. The minimum absolute atomic E-state index is 0.130. The van der Waals surface area contributed by atoms with E-state index >= 15 is 0 Å². The number of carbonyl (C=O) groups is 1. The predicted octanol–water partition coefficient (Wildman–Crippen LogP) is 4.59. The summed E-state index contributed by atoms with van der Waals surface area (Å²) in [7, 11) is 0. The lowest BCUT2D eigenvalue weighted by Gasteiger charge is -2.33. The molecule has 0 aliphatic heterocycles. The molecule has 1 aromatic carbocycles. The maximum atomic E-state index is 12.6. The molecule has 23 heavy (non-hydrogen) atoms. The van der Waals surface area contributed by atoms with Gasteiger partial charge in [-0.25, -0.2) is 4.98 Å². The fourth-order valence-electron chi connectivity index (χ4n) is 3.05. The van der Waals surface area contributed by atoms with Crippen molar-refractivity contribution in [2.45, 2.75) is 53.5 Å². The highest BCUT2D eigenvalue weighted by Crippen LogP contribution is 2.27. The largest absolute Gasteiger partial charge is 0.441 e. The van der Waals surface area contributed by atoms with E-state index in [1.807, 2.05) is 44.2 Å². The van der Waals surface area contributed by atoms with E-state index in [1.54, 1.807) is 6.92 Å². The van der Waals surface area contributed by atoms with Gasteiger partial charge < -0.3 is 9.73 Å². The van der Waals surface area contributed by atoms with Crippen LogP contribution in [0.4, 0.5) is 0 Å². The molecule has 0 fully saturated rings. The number of nitrogens with zero attached hydrogens (tertiary/aromatic N) is 1. The zero-order chi connectivity index (χ0) is 17.3. The van der Waals surface area contributed by atoms with Gasteiger partial charge >= 0.3 is 0 Å². The van der Waals surface area contributed by atoms with Crippen molar-refractivity contribution in [2.24, 2.45) is 5.41 Å². The van der Waals surface area contributed by atoms with Crippen LogP contribution in [0, 0.1) is 12.3 Å². The summed E-state index contributed by atoms with van der Waals surface area (Å²) in [6, 6.07) is 9.59. The molecule has 0 atom stereocenters. The second kappa shape index (κ2) is 6.19. The van der Waals surface area contributed by atoms with Gasteiger partial charge in [0.2, 0.25) is 5.89 Å². The summed E-state index contributed by atoms with van der Waals surface area (Å²) in [6.45, 7) is 12.3. The van der Waals surface area contributed by atoms with Crippen LogP contribution >= 0.6 is 0 Å². The van der Waals surface area contributed by atoms with Crippen LogP contribution < -0.4 is 5.32 Å². The van der Waals surface area contributed by atoms with Crippen molar-refractivity contribution < 1.29 is 9.21 Å². The molecule has 1 aromatic heterocycles. The molecule has 0 unspecified atom stereocenters. The van der Waals surface area contributed by atoms with Gasteiger partial charge in [0.15, 0.2) is 5.69 Å². The highest BCUT2D eigenvalue weighted by Gasteiger charge is 2.29. The van der Waals surface area contributed by atoms with Crippen molar-refractivity contribution in [2.75, 3.05) is 0 Å². The Kier molecular flexibility index (Phi) is 4.64. The summed E-state index contributed by atoms with van der Waals surface area (Å²) in [4.78, 5) is 17.0. The van der Waals surface area contributed by atoms with Gasteiger partial charge in [0.05, 0.1) is 0 Å². The van der Waals surface area contributed by atoms with Crippen molar-refractivity contribution >= 4 is 5.91 Å². The van der Waals surface area contributed by atoms with E-state index in [4.69, 9.17) is 4.42 Å². The molecule has 4 heteroatoms. The van der Waals surface area contributed by atoms with Crippen LogP contribution in [0.5, 0.6) is 0 Å². The summed E-state index contributed by atoms with van der Waals surface area (Å²) >= 11 is 0. The number of nitrogens with one attached hydrogen (secondary N) is 1. The number of benzene rings is 1. The monoisotopic (exact) mass is 314 g/mol. The third-order valence-corrected chi connectivity index (χ3v) is 3.46. The number of hydrogen-bond donors (Lipinski definition) is 1. The zero-order valence-electron chi connectivity index (χ0n) is 14.9. The average molecular weight is 314 g/mol. The summed E-state index contributed by atoms with van der Waals surface area (Å²) in [5.41, 5.74) is 1.04. The molecule has 0 saturated heterocycles. The van der Waals surface area contributed by atoms with E-state index in [2.05, 4.69) is 31.1 Å². The molecule has 4 nitrogen and oxygen atoms in total. The molecule has 1 heterocycles. The first kappa shape index (κ1) is 17.3. The first-order chi connectivity index (χ1) is 10.6. The molecule has 0 bridgehead atoms. The standard InChI is InChI=1S/C19H26N2O2/c1-13-15(16(22)21-19(5,6)12-18(2,3)4)20-17(23-13)14-10-8-7-9-11-14/h7-11H,12H2,1-6H3,(H,21,22). The number of amides is 1. The summed E-state index contributed by atoms with van der Waals surface area (Å²) in [5.74, 6) is 0.817. The minimum atomic E-state index is -0.312. The van der Waals surface area contributed by atoms with E-state index in [9.17, 15) is 4.79 Å². The predicted molar refractivity (Wildman–Crippen MR) is 92.3 cm³/mol. The van der Waals surface area contributed by atoms with Crippen LogP contribution in [0.3, 0.4) is 0 Å². The van der Waals surface area contributed by atoms with Crippen molar-refractivity contribution in [1.82, 2.24) is 10.3 Å². The van der Waals surface area contributed by atoms with Crippen LogP contribution in [0.15, 0.2) is 34.7 Å². The van der Waals surface area contributed by atoms with Crippen molar-refractivity contribution in [3.05, 3.63) is 41.8 Å². The van der Waals surface area contributed by atoms with Crippen molar-refractivity contribution in [3.63, 3.8) is 0 Å². The van der Waals surface area contributed by atoms with Gasteiger partial charge in [-0.1, -0.05) is 39.0 Å². The zero-order valence-corrected chi connectivity index (χ0v) is 14.9. The molecule has 124 valence electrons. The Morgan fingerprint density at radius 3 is 2.30 bits per heavy atom. The first-order valence-corrected chi connectivity index (χ1v) is 7.93. The Hall–Kier alpha value is -2.10. The lowest BCUT2D eigenvalue weighted by molar-refractivity contribution is 0.0885. The van der Waals surface area contributed by atoms with Gasteiger partial charge in [-0.15, -0.1) is 0 Å². The topological polar surface area (TPSA) is 55.1 Å². The van der Waals surface area contributed by atoms with Gasteiger partial charge in [0.25, 0.3) is 5.91 Å². The second-order valence-corrected chi connectivity index (χ2v) is 7.87. The molecular formula is C19H26N2O2. The van der Waals surface area contributed by atoms with Crippen LogP contribution in [0.1, 0.15) is 57.3 Å². The molecule has 0 spiro atoms. The smallest absolute Gasteiger partial charge is 0.273 e. The van der Waals surface area contributed by atoms with E-state index < -0.39 is 0 Å². The van der Waals surface area contributed by atoms with E-state index in [-0.39, 0.29) is 16.9 Å². The Bertz CT molecular complexity index is 679. The summed E-state index contributed by atoms with van der Waals surface area (Å²) in [6.07, 6.45) is 0.869. The number of aromatic nitrogens is 1. The number of oxazole rings is 1. The first-order valence-electron chi connectivity index (χ1n) is 7.93. The molecule has 1 amide bonds. The average Bonchev–Trinajstić information content (AvgIpc) is 2.78. The van der Waals surface area contributed by atoms with Crippen molar-refractivity contribution in [1.29, 1.82) is 0 Å². The molecule has 0 aliphatic carbocycles. The molecule has 0 radical (unpaired) electrons. The van der Waals surface area contributed by atoms with Crippen molar-refractivity contribution in [3.8, 4) is 11.5 Å². The van der Waals surface area contributed by atoms with Gasteiger partial charge in [0, 0.05) is 11.1 Å². The fourth-order valence-corrected chi connectivity index (χ4v) is 3.05. The number of rotatable bonds is 4. The Morgan fingerprint density at radius 1 is 1.13 bits per heavy atom. The highest BCUT2D eigenvalue weighted by atomic mass is 16.4. The van der Waals surface area contributed by atoms with Gasteiger partial charge in [-0.2, -0.15) is 0 Å². The third kappa shape index (κ3) is 4.68. The summed E-state index contributed by atoms with van der Waals surface area (Å²) in [5, 5.41) is 3.07. The number of carbonyl (C=O) groups excluding carboxylic acids is 1. The lowest BCUT2D eigenvalue weighted by atomic mass is 9.82. The van der Waals surface area contributed by atoms with Gasteiger partial charge in [-0.05, 0) is 44.7 Å². The molecular weight excluding hydrogens is 288 g/mol. The maximum Gasteiger partial charge on any atom is 0.273 e. The molecule has 0 aliphatic rings. The molecule has 2 aromatic rings. The van der Waals surface area contributed by atoms with E-state index in [1.165, 1.54) is 0 Å². The van der Waals surface area contributed by atoms with Crippen LogP contribution in [0.25, 0.3) is 11.5 Å². The third-order valence-electron chi connectivity index (χ3n) is 3.46. The fraction of sp³-hybridized carbons (Fsp3) is 0.474. The Morgan fingerprint density at radius 2 is 1.74 bits per heavy atom. The lowest BCUT2D eigenvalue weighted by Crippen LogP contribution is -2.46. The number of hydrogen-bond acceptors (Lipinski definition) is 3. The SMILES string of the molecule is Cc1oc(-c2ccccc2)nc1C(=O)NC(C)(C)CC(C)(C)C. The van der Waals surface area contributed by atoms with E-state index in [0.717, 1.165) is 12.0 Å².